The quantitative estimate of drug-likeness (QED) is 0.744. The second-order valence-electron chi connectivity index (χ2n) is 3.94. The molecule has 1 rings (SSSR count). The van der Waals surface area contributed by atoms with Crippen LogP contribution in [0.25, 0.3) is 0 Å². The molecule has 102 valence electrons. The zero-order valence-electron chi connectivity index (χ0n) is 10.4. The summed E-state index contributed by atoms with van der Waals surface area (Å²) in [7, 11) is -1.61. The zero-order valence-corrected chi connectivity index (χ0v) is 11.9. The van der Waals surface area contributed by atoms with Gasteiger partial charge in [-0.3, -0.25) is 0 Å². The van der Waals surface area contributed by atoms with E-state index in [9.17, 15) is 8.42 Å². The molecule has 0 aliphatic carbocycles. The molecule has 0 aliphatic rings. The zero-order chi connectivity index (χ0) is 13.4. The fourth-order valence-corrected chi connectivity index (χ4v) is 2.85. The van der Waals surface area contributed by atoms with E-state index in [1.165, 1.54) is 0 Å². The predicted octanol–water partition coefficient (Wildman–Crippen LogP) is 1.88. The summed E-state index contributed by atoms with van der Waals surface area (Å²) in [5.74, 6) is 0.415. The molecular formula is C12H18ClNO3S. The number of alkyl halides is 1. The first kappa shape index (κ1) is 15.4. The van der Waals surface area contributed by atoms with Crippen LogP contribution < -0.4 is 4.72 Å². The van der Waals surface area contributed by atoms with Crippen molar-refractivity contribution in [2.75, 3.05) is 18.7 Å². The molecule has 0 saturated carbocycles. The average Bonchev–Trinajstić information content (AvgIpc) is 2.35. The minimum atomic E-state index is -3.23. The van der Waals surface area contributed by atoms with Crippen LogP contribution in [0.5, 0.6) is 0 Å². The summed E-state index contributed by atoms with van der Waals surface area (Å²) in [6.45, 7) is 0.814. The average molecular weight is 292 g/mol. The number of rotatable bonds is 8. The summed E-state index contributed by atoms with van der Waals surface area (Å²) in [5.41, 5.74) is 1.94. The third kappa shape index (κ3) is 5.82. The standard InChI is InChI=1S/C12H18ClNO3S/c1-17-10-12-5-2-4-11(8-12)9-14-18(15,16)7-3-6-13/h2,4-5,8,14H,3,6-7,9-10H2,1H3. The van der Waals surface area contributed by atoms with Crippen molar-refractivity contribution in [2.24, 2.45) is 0 Å². The van der Waals surface area contributed by atoms with E-state index in [4.69, 9.17) is 16.3 Å². The summed E-state index contributed by atoms with van der Waals surface area (Å²) in [6, 6.07) is 7.63. The molecule has 0 fully saturated rings. The second kappa shape index (κ2) is 7.74. The Morgan fingerprint density at radius 2 is 2.06 bits per heavy atom. The normalized spacial score (nSPS) is 11.7. The highest BCUT2D eigenvalue weighted by molar-refractivity contribution is 7.89. The maximum absolute atomic E-state index is 11.6. The Morgan fingerprint density at radius 3 is 2.72 bits per heavy atom. The molecular weight excluding hydrogens is 274 g/mol. The maximum Gasteiger partial charge on any atom is 0.211 e. The highest BCUT2D eigenvalue weighted by atomic mass is 35.5. The van der Waals surface area contributed by atoms with Crippen LogP contribution in [-0.2, 0) is 27.9 Å². The molecule has 0 unspecified atom stereocenters. The van der Waals surface area contributed by atoms with Gasteiger partial charge in [0.1, 0.15) is 0 Å². The summed E-state index contributed by atoms with van der Waals surface area (Å²) in [5, 5.41) is 0. The van der Waals surface area contributed by atoms with Crippen molar-refractivity contribution in [3.05, 3.63) is 35.4 Å². The van der Waals surface area contributed by atoms with Crippen LogP contribution in [0.4, 0.5) is 0 Å². The Hall–Kier alpha value is -0.620. The van der Waals surface area contributed by atoms with Crippen LogP contribution in [0, 0.1) is 0 Å². The molecule has 0 spiro atoms. The first-order valence-electron chi connectivity index (χ1n) is 5.67. The molecule has 1 aromatic carbocycles. The Bertz CT molecular complexity index is 462. The number of halogens is 1. The minimum Gasteiger partial charge on any atom is -0.380 e. The van der Waals surface area contributed by atoms with Gasteiger partial charge in [0.05, 0.1) is 12.4 Å². The lowest BCUT2D eigenvalue weighted by Crippen LogP contribution is -2.26. The van der Waals surface area contributed by atoms with Gasteiger partial charge >= 0.3 is 0 Å². The molecule has 18 heavy (non-hydrogen) atoms. The van der Waals surface area contributed by atoms with Crippen molar-refractivity contribution in [2.45, 2.75) is 19.6 Å². The topological polar surface area (TPSA) is 55.4 Å². The lowest BCUT2D eigenvalue weighted by atomic mass is 10.1. The Balaban J connectivity index is 2.55. The number of ether oxygens (including phenoxy) is 1. The number of hydrogen-bond acceptors (Lipinski definition) is 3. The number of benzene rings is 1. The highest BCUT2D eigenvalue weighted by Gasteiger charge is 2.09. The second-order valence-corrected chi connectivity index (χ2v) is 6.24. The van der Waals surface area contributed by atoms with E-state index in [-0.39, 0.29) is 5.75 Å². The molecule has 1 aromatic rings. The van der Waals surface area contributed by atoms with Gasteiger partial charge in [0.15, 0.2) is 0 Å². The van der Waals surface area contributed by atoms with Crippen molar-refractivity contribution >= 4 is 21.6 Å². The van der Waals surface area contributed by atoms with Gasteiger partial charge in [0.25, 0.3) is 0 Å². The van der Waals surface area contributed by atoms with Crippen molar-refractivity contribution in [3.8, 4) is 0 Å². The SMILES string of the molecule is COCc1cccc(CNS(=O)(=O)CCCCl)c1. The molecule has 0 atom stereocenters. The summed E-state index contributed by atoms with van der Waals surface area (Å²) < 4.78 is 30.7. The Kier molecular flexibility index (Phi) is 6.63. The maximum atomic E-state index is 11.6. The molecule has 1 N–H and O–H groups in total. The first-order chi connectivity index (χ1) is 8.57. The van der Waals surface area contributed by atoms with Gasteiger partial charge in [-0.05, 0) is 17.5 Å². The van der Waals surface area contributed by atoms with Crippen LogP contribution in [0.1, 0.15) is 17.5 Å². The molecule has 6 heteroatoms. The van der Waals surface area contributed by atoms with Gasteiger partial charge in [0.2, 0.25) is 10.0 Å². The van der Waals surface area contributed by atoms with Crippen molar-refractivity contribution in [1.82, 2.24) is 4.72 Å². The smallest absolute Gasteiger partial charge is 0.211 e. The lowest BCUT2D eigenvalue weighted by molar-refractivity contribution is 0.185. The van der Waals surface area contributed by atoms with Crippen LogP contribution in [-0.4, -0.2) is 27.2 Å². The molecule has 0 aromatic heterocycles. The predicted molar refractivity (Wildman–Crippen MR) is 73.1 cm³/mol. The Morgan fingerprint density at radius 1 is 1.33 bits per heavy atom. The molecule has 0 saturated heterocycles. The van der Waals surface area contributed by atoms with Crippen LogP contribution in [0.15, 0.2) is 24.3 Å². The molecule has 4 nitrogen and oxygen atoms in total. The molecule has 0 radical (unpaired) electrons. The molecule has 0 aliphatic heterocycles. The van der Waals surface area contributed by atoms with E-state index < -0.39 is 10.0 Å². The Labute approximate surface area is 113 Å². The summed E-state index contributed by atoms with van der Waals surface area (Å²) in [6.07, 6.45) is 0.459. The summed E-state index contributed by atoms with van der Waals surface area (Å²) in [4.78, 5) is 0. The van der Waals surface area contributed by atoms with Gasteiger partial charge in [-0.25, -0.2) is 13.1 Å². The minimum absolute atomic E-state index is 0.0638. The van der Waals surface area contributed by atoms with Crippen LogP contribution >= 0.6 is 11.6 Å². The molecule has 0 heterocycles. The van der Waals surface area contributed by atoms with Gasteiger partial charge in [-0.15, -0.1) is 11.6 Å². The third-order valence-corrected chi connectivity index (χ3v) is 4.02. The van der Waals surface area contributed by atoms with E-state index in [1.807, 2.05) is 24.3 Å². The van der Waals surface area contributed by atoms with E-state index in [0.717, 1.165) is 11.1 Å². The first-order valence-corrected chi connectivity index (χ1v) is 7.86. The lowest BCUT2D eigenvalue weighted by Gasteiger charge is -2.07. The fourth-order valence-electron chi connectivity index (χ4n) is 1.51. The number of hydrogen-bond donors (Lipinski definition) is 1. The summed E-state index contributed by atoms with van der Waals surface area (Å²) >= 11 is 5.47. The molecule has 0 amide bonds. The van der Waals surface area contributed by atoms with E-state index in [0.29, 0.717) is 25.5 Å². The van der Waals surface area contributed by atoms with Crippen molar-refractivity contribution in [3.63, 3.8) is 0 Å². The van der Waals surface area contributed by atoms with Crippen LogP contribution in [0.3, 0.4) is 0 Å². The van der Waals surface area contributed by atoms with Gasteiger partial charge < -0.3 is 4.74 Å². The van der Waals surface area contributed by atoms with Gasteiger partial charge in [-0.2, -0.15) is 0 Å². The third-order valence-electron chi connectivity index (χ3n) is 2.35. The highest BCUT2D eigenvalue weighted by Crippen LogP contribution is 2.07. The number of sulfonamides is 1. The van der Waals surface area contributed by atoms with Gasteiger partial charge in [-0.1, -0.05) is 24.3 Å². The van der Waals surface area contributed by atoms with E-state index >= 15 is 0 Å². The van der Waals surface area contributed by atoms with Gasteiger partial charge in [0, 0.05) is 19.5 Å². The van der Waals surface area contributed by atoms with Crippen molar-refractivity contribution < 1.29 is 13.2 Å². The van der Waals surface area contributed by atoms with Crippen molar-refractivity contribution in [1.29, 1.82) is 0 Å². The largest absolute Gasteiger partial charge is 0.380 e. The number of nitrogens with one attached hydrogen (secondary N) is 1. The van der Waals surface area contributed by atoms with E-state index in [1.54, 1.807) is 7.11 Å². The monoisotopic (exact) mass is 291 g/mol. The number of methoxy groups -OCH3 is 1. The fraction of sp³-hybridized carbons (Fsp3) is 0.500. The van der Waals surface area contributed by atoms with Crippen LogP contribution in [0.2, 0.25) is 0 Å². The van der Waals surface area contributed by atoms with E-state index in [2.05, 4.69) is 4.72 Å². The molecule has 0 bridgehead atoms.